The van der Waals surface area contributed by atoms with Gasteiger partial charge in [0.25, 0.3) is 0 Å². The summed E-state index contributed by atoms with van der Waals surface area (Å²) >= 11 is 0. The van der Waals surface area contributed by atoms with Crippen molar-refractivity contribution in [2.45, 2.75) is 13.3 Å². The Kier molecular flexibility index (Phi) is 5.49. The van der Waals surface area contributed by atoms with Crippen LogP contribution in [0, 0.1) is 5.82 Å². The molecule has 0 spiro atoms. The summed E-state index contributed by atoms with van der Waals surface area (Å²) in [5, 5.41) is 3.31. The van der Waals surface area contributed by atoms with Crippen LogP contribution in [0.5, 0.6) is 11.6 Å². The second kappa shape index (κ2) is 8.59. The number of aromatic nitrogens is 2. The van der Waals surface area contributed by atoms with E-state index in [1.54, 1.807) is 12.1 Å². The van der Waals surface area contributed by atoms with Crippen LogP contribution in [-0.2, 0) is 6.42 Å². The third-order valence-electron chi connectivity index (χ3n) is 5.94. The first-order chi connectivity index (χ1) is 15.5. The Bertz CT molecular complexity index is 1170. The predicted molar refractivity (Wildman–Crippen MR) is 125 cm³/mol. The molecule has 6 nitrogen and oxygen atoms in total. The second-order valence-electron chi connectivity index (χ2n) is 8.43. The van der Waals surface area contributed by atoms with Crippen LogP contribution in [0.25, 0.3) is 6.08 Å². The highest BCUT2D eigenvalue weighted by Crippen LogP contribution is 2.34. The van der Waals surface area contributed by atoms with E-state index in [4.69, 9.17) is 4.74 Å². The van der Waals surface area contributed by atoms with E-state index >= 15 is 0 Å². The molecule has 5 rings (SSSR count). The Morgan fingerprint density at radius 2 is 1.88 bits per heavy atom. The van der Waals surface area contributed by atoms with Gasteiger partial charge in [-0.3, -0.25) is 0 Å². The fourth-order valence-electron chi connectivity index (χ4n) is 4.17. The molecule has 1 aromatic heterocycles. The lowest BCUT2D eigenvalue weighted by Gasteiger charge is -2.34. The topological polar surface area (TPSA) is 53.5 Å². The zero-order chi connectivity index (χ0) is 22.1. The zero-order valence-electron chi connectivity index (χ0n) is 18.3. The lowest BCUT2D eigenvalue weighted by molar-refractivity contribution is 0.313. The maximum Gasteiger partial charge on any atom is 0.224 e. The van der Waals surface area contributed by atoms with E-state index in [0.717, 1.165) is 49.4 Å². The number of allylic oxidation sites excluding steroid dienone is 1. The molecular formula is C25H26FN5O. The van der Waals surface area contributed by atoms with E-state index < -0.39 is 0 Å². The Morgan fingerprint density at radius 1 is 1.03 bits per heavy atom. The van der Waals surface area contributed by atoms with Gasteiger partial charge >= 0.3 is 0 Å². The van der Waals surface area contributed by atoms with Crippen molar-refractivity contribution in [1.82, 2.24) is 14.9 Å². The van der Waals surface area contributed by atoms with Crippen molar-refractivity contribution in [3.63, 3.8) is 0 Å². The van der Waals surface area contributed by atoms with E-state index in [1.807, 2.05) is 31.2 Å². The number of ether oxygens (including phenoxy) is 1. The summed E-state index contributed by atoms with van der Waals surface area (Å²) < 4.78 is 20.7. The maximum absolute atomic E-state index is 14.9. The normalized spacial score (nSPS) is 16.0. The fourth-order valence-corrected chi connectivity index (χ4v) is 4.17. The maximum atomic E-state index is 14.9. The van der Waals surface area contributed by atoms with Crippen molar-refractivity contribution in [1.29, 1.82) is 0 Å². The summed E-state index contributed by atoms with van der Waals surface area (Å²) in [6, 6.07) is 13.5. The molecular weight excluding hydrogens is 405 g/mol. The smallest absolute Gasteiger partial charge is 0.224 e. The van der Waals surface area contributed by atoms with Crippen molar-refractivity contribution in [2.24, 2.45) is 0 Å². The van der Waals surface area contributed by atoms with Crippen molar-refractivity contribution in [3.05, 3.63) is 71.3 Å². The number of fused-ring (bicyclic) bond motifs is 1. The number of halogens is 1. The highest BCUT2D eigenvalue weighted by Gasteiger charge is 2.19. The van der Waals surface area contributed by atoms with E-state index in [9.17, 15) is 4.39 Å². The molecule has 1 N–H and O–H groups in total. The van der Waals surface area contributed by atoms with Gasteiger partial charge in [0, 0.05) is 49.2 Å². The average Bonchev–Trinajstić information content (AvgIpc) is 3.18. The third-order valence-corrected chi connectivity index (χ3v) is 5.94. The summed E-state index contributed by atoms with van der Waals surface area (Å²) in [4.78, 5) is 13.2. The van der Waals surface area contributed by atoms with Crippen molar-refractivity contribution in [3.8, 4) is 11.6 Å². The van der Waals surface area contributed by atoms with E-state index in [0.29, 0.717) is 11.4 Å². The van der Waals surface area contributed by atoms with Gasteiger partial charge in [-0.25, -0.2) is 14.4 Å². The molecule has 0 unspecified atom stereocenters. The van der Waals surface area contributed by atoms with Crippen LogP contribution in [0.2, 0.25) is 0 Å². The first-order valence-corrected chi connectivity index (χ1v) is 10.8. The number of likely N-dealkylation sites (N-methyl/N-ethyl adjacent to an activating group) is 1. The van der Waals surface area contributed by atoms with Gasteiger partial charge < -0.3 is 19.9 Å². The molecule has 7 heteroatoms. The summed E-state index contributed by atoms with van der Waals surface area (Å²) in [6.07, 6.45) is 4.07. The molecule has 1 aliphatic heterocycles. The molecule has 0 amide bonds. The predicted octanol–water partition coefficient (Wildman–Crippen LogP) is 4.86. The Hall–Kier alpha value is -3.45. The zero-order valence-corrected chi connectivity index (χ0v) is 18.3. The third kappa shape index (κ3) is 4.29. The lowest BCUT2D eigenvalue weighted by atomic mass is 10.1. The molecule has 1 fully saturated rings. The minimum atomic E-state index is -0.354. The number of benzene rings is 2. The largest absolute Gasteiger partial charge is 0.436 e. The molecule has 1 saturated heterocycles. The van der Waals surface area contributed by atoms with Crippen LogP contribution in [0.15, 0.2) is 54.4 Å². The van der Waals surface area contributed by atoms with Gasteiger partial charge in [-0.05, 0) is 50.2 Å². The number of nitrogens with one attached hydrogen (secondary N) is 1. The Morgan fingerprint density at radius 3 is 2.72 bits per heavy atom. The lowest BCUT2D eigenvalue weighted by Crippen LogP contribution is -2.44. The van der Waals surface area contributed by atoms with Gasteiger partial charge in [0.1, 0.15) is 12.1 Å². The summed E-state index contributed by atoms with van der Waals surface area (Å²) in [5.74, 6) is 0.682. The Labute approximate surface area is 187 Å². The monoisotopic (exact) mass is 431 g/mol. The number of anilines is 3. The van der Waals surface area contributed by atoms with Crippen molar-refractivity contribution < 1.29 is 9.13 Å². The number of hydrogen-bond acceptors (Lipinski definition) is 6. The second-order valence-corrected chi connectivity index (χ2v) is 8.43. The van der Waals surface area contributed by atoms with Gasteiger partial charge in [0.05, 0.1) is 0 Å². The fraction of sp³-hybridized carbons (Fsp3) is 0.280. The molecule has 2 aliphatic rings. The molecule has 2 aromatic carbocycles. The first-order valence-electron chi connectivity index (χ1n) is 10.8. The molecule has 32 heavy (non-hydrogen) atoms. The quantitative estimate of drug-likeness (QED) is 0.623. The van der Waals surface area contributed by atoms with Crippen LogP contribution >= 0.6 is 0 Å². The number of piperazine rings is 1. The highest BCUT2D eigenvalue weighted by molar-refractivity contribution is 5.66. The van der Waals surface area contributed by atoms with Crippen LogP contribution in [0.4, 0.5) is 21.6 Å². The minimum Gasteiger partial charge on any atom is -0.436 e. The van der Waals surface area contributed by atoms with Gasteiger partial charge in [-0.15, -0.1) is 0 Å². The van der Waals surface area contributed by atoms with Gasteiger partial charge in [0.15, 0.2) is 11.6 Å². The van der Waals surface area contributed by atoms with Crippen LogP contribution in [0.1, 0.15) is 18.1 Å². The molecule has 0 bridgehead atoms. The van der Waals surface area contributed by atoms with Crippen molar-refractivity contribution in [2.75, 3.05) is 43.4 Å². The molecule has 0 atom stereocenters. The number of rotatable bonds is 5. The van der Waals surface area contributed by atoms with Crippen LogP contribution < -0.4 is 15.0 Å². The summed E-state index contributed by atoms with van der Waals surface area (Å²) in [7, 11) is 2.15. The summed E-state index contributed by atoms with van der Waals surface area (Å²) in [6.45, 7) is 6.12. The molecule has 1 aliphatic carbocycles. The standard InChI is InChI=1S/C25H26FN5O/c1-17-12-18-6-7-22(25(26)21(18)13-17)32-24-15-23(27-16-28-24)29-19-4-3-5-20(14-19)31-10-8-30(2)9-11-31/h3-7,13-16H,8-12H2,1-2H3,(H,27,28,29). The van der Waals surface area contributed by atoms with E-state index in [2.05, 4.69) is 44.3 Å². The molecule has 2 heterocycles. The summed E-state index contributed by atoms with van der Waals surface area (Å²) in [5.41, 5.74) is 4.83. The highest BCUT2D eigenvalue weighted by atomic mass is 19.1. The van der Waals surface area contributed by atoms with E-state index in [-0.39, 0.29) is 17.4 Å². The number of hydrogen-bond donors (Lipinski definition) is 1. The SMILES string of the molecule is CC1=Cc2c(ccc(Oc3cc(Nc4cccc(N5CCN(C)CC5)c4)ncn3)c2F)C1. The average molecular weight is 432 g/mol. The Balaban J connectivity index is 1.31. The van der Waals surface area contributed by atoms with Gasteiger partial charge in [-0.2, -0.15) is 0 Å². The van der Waals surface area contributed by atoms with Gasteiger partial charge in [0.2, 0.25) is 5.88 Å². The molecule has 3 aromatic rings. The molecule has 0 saturated carbocycles. The molecule has 164 valence electrons. The van der Waals surface area contributed by atoms with Gasteiger partial charge in [-0.1, -0.05) is 23.8 Å². The van der Waals surface area contributed by atoms with Crippen molar-refractivity contribution >= 4 is 23.3 Å². The van der Waals surface area contributed by atoms with Crippen LogP contribution in [0.3, 0.4) is 0 Å². The number of nitrogens with zero attached hydrogens (tertiary/aromatic N) is 4. The van der Waals surface area contributed by atoms with E-state index in [1.165, 1.54) is 12.0 Å². The molecule has 0 radical (unpaired) electrons. The first kappa shape index (κ1) is 20.5. The minimum absolute atomic E-state index is 0.163. The van der Waals surface area contributed by atoms with Crippen LogP contribution in [-0.4, -0.2) is 48.1 Å².